The van der Waals surface area contributed by atoms with Gasteiger partial charge in [-0.05, 0) is 33.6 Å². The molecule has 0 saturated carbocycles. The minimum atomic E-state index is -0.292. The molecule has 0 fully saturated rings. The minimum absolute atomic E-state index is 0.208. The van der Waals surface area contributed by atoms with Crippen LogP contribution in [0.25, 0.3) is 0 Å². The van der Waals surface area contributed by atoms with Crippen LogP contribution in [0.3, 0.4) is 0 Å². The van der Waals surface area contributed by atoms with E-state index in [-0.39, 0.29) is 18.1 Å². The van der Waals surface area contributed by atoms with Crippen molar-refractivity contribution in [2.24, 2.45) is 0 Å². The van der Waals surface area contributed by atoms with Crippen LogP contribution in [0.5, 0.6) is 0 Å². The first-order valence-electron chi connectivity index (χ1n) is 7.45. The summed E-state index contributed by atoms with van der Waals surface area (Å²) in [4.78, 5) is 12.0. The van der Waals surface area contributed by atoms with Gasteiger partial charge in [0.05, 0.1) is 17.2 Å². The average Bonchev–Trinajstić information content (AvgIpc) is 3.14. The summed E-state index contributed by atoms with van der Waals surface area (Å²) < 4.78 is 17.0. The number of aromatic nitrogens is 4. The topological polar surface area (TPSA) is 64.7 Å². The fourth-order valence-corrected chi connectivity index (χ4v) is 2.74. The Morgan fingerprint density at radius 2 is 2.00 bits per heavy atom. The van der Waals surface area contributed by atoms with Gasteiger partial charge in [0, 0.05) is 25.4 Å². The summed E-state index contributed by atoms with van der Waals surface area (Å²) in [7, 11) is 0. The molecule has 0 bridgehead atoms. The first kappa shape index (κ1) is 17.6. The highest BCUT2D eigenvalue weighted by atomic mass is 79.9. The van der Waals surface area contributed by atoms with Gasteiger partial charge in [0.1, 0.15) is 10.8 Å². The lowest BCUT2D eigenvalue weighted by Gasteiger charge is -2.04. The Labute approximate surface area is 156 Å². The molecule has 0 saturated heterocycles. The van der Waals surface area contributed by atoms with Crippen LogP contribution < -0.4 is 5.32 Å². The minimum Gasteiger partial charge on any atom is -0.308 e. The monoisotopic (exact) mass is 425 g/mol. The number of nitrogens with zero attached hydrogens (tertiary/aromatic N) is 4. The Balaban J connectivity index is 1.58. The van der Waals surface area contributed by atoms with E-state index in [9.17, 15) is 9.18 Å². The highest BCUT2D eigenvalue weighted by molar-refractivity contribution is 9.10. The molecular formula is C16H14BrClFN5O. The van der Waals surface area contributed by atoms with Gasteiger partial charge in [-0.1, -0.05) is 23.7 Å². The van der Waals surface area contributed by atoms with E-state index < -0.39 is 0 Å². The lowest BCUT2D eigenvalue weighted by molar-refractivity contribution is -0.116. The maximum Gasteiger partial charge on any atom is 0.227 e. The molecule has 1 aromatic carbocycles. The molecule has 3 rings (SSSR count). The third kappa shape index (κ3) is 4.90. The van der Waals surface area contributed by atoms with Gasteiger partial charge in [0.25, 0.3) is 0 Å². The third-order valence-corrected chi connectivity index (χ3v) is 4.09. The zero-order valence-corrected chi connectivity index (χ0v) is 15.3. The van der Waals surface area contributed by atoms with Gasteiger partial charge in [0.15, 0.2) is 5.82 Å². The molecule has 130 valence electrons. The first-order chi connectivity index (χ1) is 12.0. The van der Waals surface area contributed by atoms with Crippen molar-refractivity contribution >= 4 is 39.3 Å². The number of nitrogens with one attached hydrogen (secondary N) is 1. The Kier molecular flexibility index (Phi) is 5.50. The number of hydrogen-bond acceptors (Lipinski definition) is 3. The highest BCUT2D eigenvalue weighted by Crippen LogP contribution is 2.20. The summed E-state index contributed by atoms with van der Waals surface area (Å²) in [5.41, 5.74) is 0.878. The molecule has 1 amide bonds. The van der Waals surface area contributed by atoms with Crippen LogP contribution in [0.15, 0.2) is 47.3 Å². The Hall–Kier alpha value is -2.19. The molecule has 0 aliphatic rings. The molecule has 0 aliphatic heterocycles. The number of carbonyl (C=O) groups excluding carboxylic acids is 1. The standard InChI is InChI=1S/C16H14BrClFN5O/c17-12-7-20-23(9-12)6-5-15(25)21-16-14(18)10-24(22-16)8-11-1-3-13(19)4-2-11/h1-4,7,9-10H,5-6,8H2,(H,21,22,25). The second-order valence-electron chi connectivity index (χ2n) is 5.37. The van der Waals surface area contributed by atoms with E-state index in [1.165, 1.54) is 12.1 Å². The number of rotatable bonds is 6. The fraction of sp³-hybridized carbons (Fsp3) is 0.188. The van der Waals surface area contributed by atoms with Crippen LogP contribution in [0.2, 0.25) is 5.02 Å². The zero-order valence-electron chi connectivity index (χ0n) is 13.0. The summed E-state index contributed by atoms with van der Waals surface area (Å²) in [6.07, 6.45) is 5.31. The van der Waals surface area contributed by atoms with Crippen molar-refractivity contribution in [3.8, 4) is 0 Å². The smallest absolute Gasteiger partial charge is 0.227 e. The van der Waals surface area contributed by atoms with E-state index in [0.29, 0.717) is 23.9 Å². The van der Waals surface area contributed by atoms with Gasteiger partial charge in [-0.15, -0.1) is 0 Å². The summed E-state index contributed by atoms with van der Waals surface area (Å²) in [5, 5.41) is 11.4. The molecule has 0 unspecified atom stereocenters. The number of benzene rings is 1. The van der Waals surface area contributed by atoms with Crippen molar-refractivity contribution < 1.29 is 9.18 Å². The van der Waals surface area contributed by atoms with E-state index in [4.69, 9.17) is 11.6 Å². The molecule has 0 spiro atoms. The molecule has 1 N–H and O–H groups in total. The van der Waals surface area contributed by atoms with Crippen LogP contribution in [0.1, 0.15) is 12.0 Å². The van der Waals surface area contributed by atoms with E-state index in [2.05, 4.69) is 31.4 Å². The fourth-order valence-electron chi connectivity index (χ4n) is 2.21. The average molecular weight is 427 g/mol. The number of hydrogen-bond donors (Lipinski definition) is 1. The number of halogens is 3. The first-order valence-corrected chi connectivity index (χ1v) is 8.62. The van der Waals surface area contributed by atoms with E-state index in [1.807, 2.05) is 0 Å². The summed E-state index contributed by atoms with van der Waals surface area (Å²) in [5.74, 6) is -0.199. The van der Waals surface area contributed by atoms with Crippen LogP contribution in [0.4, 0.5) is 10.2 Å². The van der Waals surface area contributed by atoms with E-state index in [0.717, 1.165) is 10.0 Å². The van der Waals surface area contributed by atoms with Gasteiger partial charge < -0.3 is 5.32 Å². The number of amides is 1. The normalized spacial score (nSPS) is 10.8. The van der Waals surface area contributed by atoms with Gasteiger partial charge in [-0.2, -0.15) is 10.2 Å². The van der Waals surface area contributed by atoms with Crippen molar-refractivity contribution in [2.75, 3.05) is 5.32 Å². The highest BCUT2D eigenvalue weighted by Gasteiger charge is 2.11. The predicted molar refractivity (Wildman–Crippen MR) is 95.9 cm³/mol. The quantitative estimate of drug-likeness (QED) is 0.653. The molecule has 0 atom stereocenters. The molecule has 6 nitrogen and oxygen atoms in total. The Bertz CT molecular complexity index is 877. The molecule has 2 aromatic heterocycles. The summed E-state index contributed by atoms with van der Waals surface area (Å²) in [6, 6.07) is 6.12. The summed E-state index contributed by atoms with van der Waals surface area (Å²) in [6.45, 7) is 0.878. The maximum atomic E-state index is 12.9. The lowest BCUT2D eigenvalue weighted by atomic mass is 10.2. The maximum absolute atomic E-state index is 12.9. The van der Waals surface area contributed by atoms with Crippen molar-refractivity contribution in [1.29, 1.82) is 0 Å². The largest absolute Gasteiger partial charge is 0.308 e. The zero-order chi connectivity index (χ0) is 17.8. The van der Waals surface area contributed by atoms with E-state index in [1.54, 1.807) is 40.1 Å². The van der Waals surface area contributed by atoms with Crippen LogP contribution in [-0.4, -0.2) is 25.5 Å². The van der Waals surface area contributed by atoms with Crippen molar-refractivity contribution in [3.63, 3.8) is 0 Å². The number of anilines is 1. The van der Waals surface area contributed by atoms with Crippen LogP contribution in [-0.2, 0) is 17.9 Å². The molecule has 0 aliphatic carbocycles. The molecule has 25 heavy (non-hydrogen) atoms. The van der Waals surface area contributed by atoms with Gasteiger partial charge in [-0.25, -0.2) is 4.39 Å². The Morgan fingerprint density at radius 3 is 2.68 bits per heavy atom. The van der Waals surface area contributed by atoms with Crippen molar-refractivity contribution in [2.45, 2.75) is 19.5 Å². The van der Waals surface area contributed by atoms with Gasteiger partial charge in [-0.3, -0.25) is 14.2 Å². The molecular weight excluding hydrogens is 413 g/mol. The molecule has 9 heteroatoms. The number of carbonyl (C=O) groups is 1. The van der Waals surface area contributed by atoms with Crippen LogP contribution in [0, 0.1) is 5.82 Å². The SMILES string of the molecule is O=C(CCn1cc(Br)cn1)Nc1nn(Cc2ccc(F)cc2)cc1Cl. The third-order valence-electron chi connectivity index (χ3n) is 3.40. The second-order valence-corrected chi connectivity index (χ2v) is 6.69. The van der Waals surface area contributed by atoms with E-state index >= 15 is 0 Å². The van der Waals surface area contributed by atoms with Gasteiger partial charge >= 0.3 is 0 Å². The lowest BCUT2D eigenvalue weighted by Crippen LogP contribution is -2.15. The predicted octanol–water partition coefficient (Wildman–Crippen LogP) is 3.71. The van der Waals surface area contributed by atoms with Gasteiger partial charge in [0.2, 0.25) is 5.91 Å². The second kappa shape index (κ2) is 7.79. The Morgan fingerprint density at radius 1 is 1.24 bits per heavy atom. The van der Waals surface area contributed by atoms with Crippen molar-refractivity contribution in [1.82, 2.24) is 19.6 Å². The van der Waals surface area contributed by atoms with Crippen LogP contribution >= 0.6 is 27.5 Å². The van der Waals surface area contributed by atoms with Crippen molar-refractivity contribution in [3.05, 3.63) is 63.7 Å². The summed E-state index contributed by atoms with van der Waals surface area (Å²) >= 11 is 9.42. The molecule has 0 radical (unpaired) electrons. The molecule has 3 aromatic rings. The number of aryl methyl sites for hydroxylation is 1. The molecule has 2 heterocycles.